The number of imidazole rings is 1. The van der Waals surface area contributed by atoms with Crippen molar-refractivity contribution in [1.29, 1.82) is 0 Å². The molecule has 1 aliphatic rings. The Kier molecular flexibility index (Phi) is 5.06. The first kappa shape index (κ1) is 20.8. The number of H-pyrrole nitrogens is 1. The summed E-state index contributed by atoms with van der Waals surface area (Å²) in [5.41, 5.74) is 3.61. The predicted octanol–water partition coefficient (Wildman–Crippen LogP) is 4.12. The number of rotatable bonds is 6. The van der Waals surface area contributed by atoms with Crippen molar-refractivity contribution in [1.82, 2.24) is 35.0 Å². The van der Waals surface area contributed by atoms with Gasteiger partial charge in [-0.05, 0) is 30.3 Å². The van der Waals surface area contributed by atoms with Gasteiger partial charge in [0.15, 0.2) is 5.82 Å². The van der Waals surface area contributed by atoms with Crippen molar-refractivity contribution < 1.29 is 18.8 Å². The first-order valence-electron chi connectivity index (χ1n) is 10.9. The summed E-state index contributed by atoms with van der Waals surface area (Å²) in [7, 11) is 0. The van der Waals surface area contributed by atoms with Gasteiger partial charge in [0.2, 0.25) is 11.7 Å². The lowest BCUT2D eigenvalue weighted by Crippen LogP contribution is -2.23. The van der Waals surface area contributed by atoms with Gasteiger partial charge in [0.25, 0.3) is 0 Å². The third-order valence-electron chi connectivity index (χ3n) is 5.50. The SMILES string of the molecule is Cc1nc(-c2ccc(Oc3cc4nc(-c5ccccn5)[nH]c4cc3CN3CCOC3=O)cn2)no1. The van der Waals surface area contributed by atoms with Crippen molar-refractivity contribution in [2.75, 3.05) is 13.2 Å². The molecule has 4 aromatic heterocycles. The van der Waals surface area contributed by atoms with Crippen molar-refractivity contribution in [3.8, 4) is 34.5 Å². The molecule has 1 amide bonds. The molecule has 6 rings (SSSR count). The third kappa shape index (κ3) is 4.14. The van der Waals surface area contributed by atoms with Crippen LogP contribution in [0.5, 0.6) is 11.5 Å². The molecule has 0 saturated carbocycles. The molecule has 0 bridgehead atoms. The maximum atomic E-state index is 12.1. The van der Waals surface area contributed by atoms with Gasteiger partial charge in [0.05, 0.1) is 30.3 Å². The molecule has 0 radical (unpaired) electrons. The lowest BCUT2D eigenvalue weighted by Gasteiger charge is -2.16. The lowest BCUT2D eigenvalue weighted by atomic mass is 10.1. The molecule has 11 heteroatoms. The lowest BCUT2D eigenvalue weighted by molar-refractivity contribution is 0.157. The number of pyridine rings is 2. The van der Waals surface area contributed by atoms with Gasteiger partial charge in [-0.1, -0.05) is 11.2 Å². The maximum absolute atomic E-state index is 12.1. The fraction of sp³-hybridized carbons (Fsp3) is 0.167. The first-order valence-corrected chi connectivity index (χ1v) is 10.9. The summed E-state index contributed by atoms with van der Waals surface area (Å²) >= 11 is 0. The molecule has 0 aliphatic carbocycles. The fourth-order valence-electron chi connectivity index (χ4n) is 3.80. The molecule has 1 fully saturated rings. The minimum Gasteiger partial charge on any atom is -0.455 e. The van der Waals surface area contributed by atoms with Crippen LogP contribution in [-0.4, -0.2) is 54.2 Å². The maximum Gasteiger partial charge on any atom is 0.410 e. The Morgan fingerprint density at radius 3 is 2.77 bits per heavy atom. The van der Waals surface area contributed by atoms with Crippen LogP contribution in [-0.2, 0) is 11.3 Å². The summed E-state index contributed by atoms with van der Waals surface area (Å²) in [6.07, 6.45) is 2.95. The number of amides is 1. The monoisotopic (exact) mass is 469 g/mol. The molecular formula is C24H19N7O4. The Balaban J connectivity index is 1.35. The van der Waals surface area contributed by atoms with Crippen LogP contribution in [0.1, 0.15) is 11.5 Å². The largest absolute Gasteiger partial charge is 0.455 e. The summed E-state index contributed by atoms with van der Waals surface area (Å²) < 4.78 is 16.3. The quantitative estimate of drug-likeness (QED) is 0.390. The Labute approximate surface area is 198 Å². The molecule has 0 unspecified atom stereocenters. The number of hydrogen-bond acceptors (Lipinski definition) is 9. The van der Waals surface area contributed by atoms with Crippen LogP contribution in [0.15, 0.2) is 59.4 Å². The smallest absolute Gasteiger partial charge is 0.410 e. The second-order valence-corrected chi connectivity index (χ2v) is 7.93. The molecule has 1 saturated heterocycles. The van der Waals surface area contributed by atoms with Gasteiger partial charge in [-0.2, -0.15) is 4.98 Å². The van der Waals surface area contributed by atoms with E-state index in [9.17, 15) is 4.79 Å². The van der Waals surface area contributed by atoms with Crippen LogP contribution in [0.3, 0.4) is 0 Å². The Morgan fingerprint density at radius 2 is 2.06 bits per heavy atom. The number of nitrogens with zero attached hydrogens (tertiary/aromatic N) is 6. The highest BCUT2D eigenvalue weighted by molar-refractivity contribution is 5.82. The first-order chi connectivity index (χ1) is 17.1. The van der Waals surface area contributed by atoms with E-state index in [-0.39, 0.29) is 6.09 Å². The number of aromatic nitrogens is 6. The number of benzene rings is 1. The predicted molar refractivity (Wildman–Crippen MR) is 123 cm³/mol. The molecule has 174 valence electrons. The van der Waals surface area contributed by atoms with Gasteiger partial charge >= 0.3 is 6.09 Å². The molecule has 1 aromatic carbocycles. The van der Waals surface area contributed by atoms with Crippen molar-refractivity contribution in [3.05, 3.63) is 66.3 Å². The van der Waals surface area contributed by atoms with E-state index in [1.54, 1.807) is 36.4 Å². The summed E-state index contributed by atoms with van der Waals surface area (Å²) in [4.78, 5) is 34.6. The van der Waals surface area contributed by atoms with Crippen LogP contribution in [0.4, 0.5) is 4.79 Å². The van der Waals surface area contributed by atoms with E-state index in [1.165, 1.54) is 0 Å². The van der Waals surface area contributed by atoms with Crippen LogP contribution in [0, 0.1) is 6.92 Å². The van der Waals surface area contributed by atoms with Gasteiger partial charge in [0, 0.05) is 24.8 Å². The molecule has 35 heavy (non-hydrogen) atoms. The van der Waals surface area contributed by atoms with E-state index in [1.807, 2.05) is 30.3 Å². The van der Waals surface area contributed by atoms with Crippen molar-refractivity contribution in [2.24, 2.45) is 0 Å². The number of aryl methyl sites for hydroxylation is 1. The minimum absolute atomic E-state index is 0.329. The van der Waals surface area contributed by atoms with E-state index in [0.717, 1.165) is 16.8 Å². The van der Waals surface area contributed by atoms with Gasteiger partial charge in [-0.25, -0.2) is 14.8 Å². The number of aromatic amines is 1. The summed E-state index contributed by atoms with van der Waals surface area (Å²) in [6, 6.07) is 12.9. The fourth-order valence-corrected chi connectivity index (χ4v) is 3.80. The number of nitrogens with one attached hydrogen (secondary N) is 1. The molecule has 11 nitrogen and oxygen atoms in total. The molecular weight excluding hydrogens is 450 g/mol. The minimum atomic E-state index is -0.351. The van der Waals surface area contributed by atoms with Gasteiger partial charge in [-0.3, -0.25) is 4.98 Å². The van der Waals surface area contributed by atoms with Crippen LogP contribution in [0.2, 0.25) is 0 Å². The molecule has 5 heterocycles. The van der Waals surface area contributed by atoms with Gasteiger partial charge < -0.3 is 23.9 Å². The second-order valence-electron chi connectivity index (χ2n) is 7.93. The topological polar surface area (TPSA) is 132 Å². The zero-order chi connectivity index (χ0) is 23.8. The van der Waals surface area contributed by atoms with Crippen LogP contribution in [0.25, 0.3) is 34.1 Å². The number of fused-ring (bicyclic) bond motifs is 1. The van der Waals surface area contributed by atoms with E-state index >= 15 is 0 Å². The molecule has 1 aliphatic heterocycles. The number of carbonyl (C=O) groups excluding carboxylic acids is 1. The molecule has 0 atom stereocenters. The Bertz CT molecular complexity index is 1510. The average Bonchev–Trinajstić information content (AvgIpc) is 3.60. The second kappa shape index (κ2) is 8.52. The molecule has 1 N–H and O–H groups in total. The Hall–Kier alpha value is -4.80. The van der Waals surface area contributed by atoms with Crippen molar-refractivity contribution >= 4 is 17.1 Å². The average molecular weight is 469 g/mol. The van der Waals surface area contributed by atoms with E-state index in [4.69, 9.17) is 14.0 Å². The number of ether oxygens (including phenoxy) is 2. The summed E-state index contributed by atoms with van der Waals surface area (Å²) in [6.45, 7) is 2.93. The standard InChI is InChI=1S/C24H19N7O4/c1-14-27-23(30-35-14)18-6-5-16(12-26-18)34-21-11-20-19(10-15(21)13-31-8-9-33-24(31)32)28-22(29-20)17-4-2-3-7-25-17/h2-7,10-12H,8-9,13H2,1H3,(H,28,29). The molecule has 5 aromatic rings. The Morgan fingerprint density at radius 1 is 1.11 bits per heavy atom. The zero-order valence-electron chi connectivity index (χ0n) is 18.6. The number of cyclic esters (lactones) is 1. The van der Waals surface area contributed by atoms with Crippen molar-refractivity contribution in [2.45, 2.75) is 13.5 Å². The normalized spacial score (nSPS) is 13.4. The highest BCUT2D eigenvalue weighted by Gasteiger charge is 2.24. The van der Waals surface area contributed by atoms with Crippen LogP contribution >= 0.6 is 0 Å². The summed E-state index contributed by atoms with van der Waals surface area (Å²) in [5, 5.41) is 3.88. The van der Waals surface area contributed by atoms with E-state index in [0.29, 0.717) is 59.9 Å². The highest BCUT2D eigenvalue weighted by Crippen LogP contribution is 2.32. The summed E-state index contributed by atoms with van der Waals surface area (Å²) in [5.74, 6) is 2.58. The van der Waals surface area contributed by atoms with E-state index < -0.39 is 0 Å². The van der Waals surface area contributed by atoms with E-state index in [2.05, 4.69) is 30.1 Å². The van der Waals surface area contributed by atoms with Crippen LogP contribution < -0.4 is 4.74 Å². The molecule has 0 spiro atoms. The highest BCUT2D eigenvalue weighted by atomic mass is 16.6. The van der Waals surface area contributed by atoms with Gasteiger partial charge in [0.1, 0.15) is 29.5 Å². The number of hydrogen-bond donors (Lipinski definition) is 1. The van der Waals surface area contributed by atoms with Gasteiger partial charge in [-0.15, -0.1) is 0 Å². The third-order valence-corrected chi connectivity index (χ3v) is 5.50. The zero-order valence-corrected chi connectivity index (χ0v) is 18.6. The van der Waals surface area contributed by atoms with Crippen molar-refractivity contribution in [3.63, 3.8) is 0 Å². The number of carbonyl (C=O) groups is 1.